The predicted molar refractivity (Wildman–Crippen MR) is 201 cm³/mol. The maximum atomic E-state index is 11.0. The van der Waals surface area contributed by atoms with Crippen molar-refractivity contribution in [2.45, 2.75) is 71.6 Å². The minimum absolute atomic E-state index is 0.104. The van der Waals surface area contributed by atoms with E-state index in [0.29, 0.717) is 17.0 Å². The molecule has 3 heterocycles. The van der Waals surface area contributed by atoms with E-state index in [0.717, 1.165) is 55.4 Å². The Bertz CT molecular complexity index is 2330. The van der Waals surface area contributed by atoms with E-state index in [9.17, 15) is 5.11 Å². The number of oxazole rings is 1. The van der Waals surface area contributed by atoms with Gasteiger partial charge in [-0.15, -0.1) is 0 Å². The second kappa shape index (κ2) is 11.7. The number of aromatic hydroxyl groups is 1. The summed E-state index contributed by atoms with van der Waals surface area (Å²) in [4.78, 5) is 14.5. The highest BCUT2D eigenvalue weighted by Gasteiger charge is 2.27. The number of phenols is 1. The molecule has 0 spiro atoms. The van der Waals surface area contributed by atoms with Crippen LogP contribution in [0.5, 0.6) is 5.75 Å². The summed E-state index contributed by atoms with van der Waals surface area (Å²) in [6.07, 6.45) is 5.61. The van der Waals surface area contributed by atoms with E-state index in [2.05, 4.69) is 127 Å². The van der Waals surface area contributed by atoms with Crippen LogP contribution in [0, 0.1) is 0 Å². The van der Waals surface area contributed by atoms with Crippen LogP contribution in [0.2, 0.25) is 0 Å². The Morgan fingerprint density at radius 2 is 1.27 bits per heavy atom. The average Bonchev–Trinajstić information content (AvgIpc) is 3.51. The van der Waals surface area contributed by atoms with Gasteiger partial charge < -0.3 is 9.52 Å². The Balaban J connectivity index is 1.52. The van der Waals surface area contributed by atoms with Crippen molar-refractivity contribution >= 4 is 22.0 Å². The number of pyridine rings is 2. The van der Waals surface area contributed by atoms with Gasteiger partial charge in [-0.2, -0.15) is 0 Å². The van der Waals surface area contributed by atoms with Gasteiger partial charge in [0.1, 0.15) is 11.3 Å². The van der Waals surface area contributed by atoms with Crippen molar-refractivity contribution in [3.05, 3.63) is 132 Å². The molecular weight excluding hydrogens is 603 g/mol. The molecule has 0 fully saturated rings. The van der Waals surface area contributed by atoms with Crippen LogP contribution in [-0.4, -0.2) is 20.1 Å². The zero-order valence-electron chi connectivity index (χ0n) is 29.6. The molecule has 5 nitrogen and oxygen atoms in total. The summed E-state index contributed by atoms with van der Waals surface area (Å²) in [6, 6.07) is 31.4. The van der Waals surface area contributed by atoms with Crippen molar-refractivity contribution in [2.24, 2.45) is 0 Å². The van der Waals surface area contributed by atoms with Crippen molar-refractivity contribution in [3.63, 3.8) is 0 Å². The normalized spacial score (nSPS) is 12.6. The summed E-state index contributed by atoms with van der Waals surface area (Å²) in [6.45, 7) is 17.6. The second-order valence-electron chi connectivity index (χ2n) is 15.7. The average molecular weight is 646 g/mol. The van der Waals surface area contributed by atoms with Crippen molar-refractivity contribution in [3.8, 4) is 39.5 Å². The maximum Gasteiger partial charge on any atom is 0.231 e. The number of fused-ring (bicyclic) bond motifs is 2. The zero-order valence-corrected chi connectivity index (χ0v) is 29.6. The summed E-state index contributed by atoms with van der Waals surface area (Å²) in [7, 11) is 0. The number of hydrogen-bond acceptors (Lipinski definition) is 5. The third kappa shape index (κ3) is 5.99. The van der Waals surface area contributed by atoms with E-state index >= 15 is 0 Å². The fourth-order valence-corrected chi connectivity index (χ4v) is 6.50. The van der Waals surface area contributed by atoms with Crippen molar-refractivity contribution in [1.29, 1.82) is 0 Å². The predicted octanol–water partition coefficient (Wildman–Crippen LogP) is 11.4. The quantitative estimate of drug-likeness (QED) is 0.202. The molecule has 5 heteroatoms. The van der Waals surface area contributed by atoms with Gasteiger partial charge in [-0.25, -0.2) is 4.98 Å². The fraction of sp³-hybridized carbons (Fsp3) is 0.250. The van der Waals surface area contributed by atoms with E-state index < -0.39 is 0 Å². The molecular formula is C44H43N3O2. The molecule has 7 rings (SSSR count). The van der Waals surface area contributed by atoms with Gasteiger partial charge in [0.2, 0.25) is 5.89 Å². The standard InChI is InChI=1S/C44H43N3O2/c1-42(2,3)31-16-17-37(48)35(22-31)41-47-40-34(23-32(43(4,5)6)24-38(40)49-41)28-19-29(36-26-45-25-27-13-12-18-46-39(27)36)21-33(20-28)44(7,8)30-14-10-9-11-15-30/h9-26,48H,1-8H3. The smallest absolute Gasteiger partial charge is 0.231 e. The number of benzene rings is 4. The van der Waals surface area contributed by atoms with Crippen LogP contribution in [-0.2, 0) is 16.2 Å². The first-order chi connectivity index (χ1) is 23.2. The monoisotopic (exact) mass is 645 g/mol. The topological polar surface area (TPSA) is 72.0 Å². The van der Waals surface area contributed by atoms with Gasteiger partial charge in [0.25, 0.3) is 0 Å². The summed E-state index contributed by atoms with van der Waals surface area (Å²) in [5.74, 6) is 0.538. The fourth-order valence-electron chi connectivity index (χ4n) is 6.50. The molecule has 0 unspecified atom stereocenters. The summed E-state index contributed by atoms with van der Waals surface area (Å²) < 4.78 is 6.55. The summed E-state index contributed by atoms with van der Waals surface area (Å²) in [5, 5.41) is 12.0. The molecule has 3 aromatic heterocycles. The first-order valence-corrected chi connectivity index (χ1v) is 16.9. The molecule has 0 saturated carbocycles. The highest BCUT2D eigenvalue weighted by molar-refractivity contribution is 5.97. The second-order valence-corrected chi connectivity index (χ2v) is 15.7. The Morgan fingerprint density at radius 3 is 1.98 bits per heavy atom. The van der Waals surface area contributed by atoms with E-state index in [1.165, 1.54) is 5.56 Å². The number of rotatable bonds is 5. The molecule has 0 bridgehead atoms. The zero-order chi connectivity index (χ0) is 34.7. The Morgan fingerprint density at radius 1 is 0.571 bits per heavy atom. The van der Waals surface area contributed by atoms with Crippen molar-refractivity contribution in [2.75, 3.05) is 0 Å². The summed E-state index contributed by atoms with van der Waals surface area (Å²) in [5.41, 5.74) is 10.9. The Hall–Kier alpha value is -5.29. The van der Waals surface area contributed by atoms with Crippen molar-refractivity contribution in [1.82, 2.24) is 15.0 Å². The van der Waals surface area contributed by atoms with Gasteiger partial charge in [-0.1, -0.05) is 104 Å². The molecule has 0 radical (unpaired) electrons. The Kier molecular flexibility index (Phi) is 7.70. The maximum absolute atomic E-state index is 11.0. The molecule has 246 valence electrons. The molecule has 0 amide bonds. The van der Waals surface area contributed by atoms with E-state index in [1.54, 1.807) is 6.07 Å². The number of phenolic OH excluding ortho intramolecular Hbond substituents is 1. The largest absolute Gasteiger partial charge is 0.507 e. The molecule has 1 N–H and O–H groups in total. The van der Waals surface area contributed by atoms with Gasteiger partial charge in [0, 0.05) is 40.5 Å². The molecule has 0 aliphatic rings. The van der Waals surface area contributed by atoms with Crippen molar-refractivity contribution < 1.29 is 9.52 Å². The van der Waals surface area contributed by atoms with Gasteiger partial charge in [-0.3, -0.25) is 9.97 Å². The van der Waals surface area contributed by atoms with Gasteiger partial charge >= 0.3 is 0 Å². The molecule has 49 heavy (non-hydrogen) atoms. The van der Waals surface area contributed by atoms with Gasteiger partial charge in [-0.05, 0) is 86.7 Å². The molecule has 4 aromatic carbocycles. The molecule has 0 aliphatic heterocycles. The number of hydrogen-bond donors (Lipinski definition) is 1. The lowest BCUT2D eigenvalue weighted by molar-refractivity contribution is 0.472. The number of nitrogens with zero attached hydrogens (tertiary/aromatic N) is 3. The van der Waals surface area contributed by atoms with E-state index in [-0.39, 0.29) is 22.0 Å². The van der Waals surface area contributed by atoms with E-state index in [1.807, 2.05) is 36.8 Å². The minimum Gasteiger partial charge on any atom is -0.507 e. The lowest BCUT2D eigenvalue weighted by Crippen LogP contribution is -2.19. The molecule has 7 aromatic rings. The van der Waals surface area contributed by atoms with Gasteiger partial charge in [0.05, 0.1) is 11.1 Å². The third-order valence-electron chi connectivity index (χ3n) is 9.74. The minimum atomic E-state index is -0.313. The van der Waals surface area contributed by atoms with E-state index in [4.69, 9.17) is 14.4 Å². The third-order valence-corrected chi connectivity index (χ3v) is 9.74. The van der Waals surface area contributed by atoms with Gasteiger partial charge in [0.15, 0.2) is 5.58 Å². The highest BCUT2D eigenvalue weighted by atomic mass is 16.3. The van der Waals surface area contributed by atoms with Crippen LogP contribution >= 0.6 is 0 Å². The van der Waals surface area contributed by atoms with Crippen LogP contribution in [0.15, 0.2) is 114 Å². The van der Waals surface area contributed by atoms with Crippen LogP contribution < -0.4 is 0 Å². The van der Waals surface area contributed by atoms with Crippen LogP contribution in [0.4, 0.5) is 0 Å². The molecule has 0 aliphatic carbocycles. The van der Waals surface area contributed by atoms with Crippen LogP contribution in [0.25, 0.3) is 55.7 Å². The molecule has 0 saturated heterocycles. The highest BCUT2D eigenvalue weighted by Crippen LogP contribution is 2.43. The van der Waals surface area contributed by atoms with Crippen LogP contribution in [0.1, 0.15) is 77.6 Å². The lowest BCUT2D eigenvalue weighted by atomic mass is 9.76. The SMILES string of the molecule is CC(C)(C)c1ccc(O)c(-c2nc3c(-c4cc(-c5cncc6cccnc56)cc(C(C)(C)c5ccccc5)c4)cc(C(C)(C)C)cc3o2)c1. The summed E-state index contributed by atoms with van der Waals surface area (Å²) >= 11 is 0. The number of aromatic nitrogens is 3. The lowest BCUT2D eigenvalue weighted by Gasteiger charge is -2.28. The molecule has 0 atom stereocenters. The van der Waals surface area contributed by atoms with Crippen LogP contribution in [0.3, 0.4) is 0 Å². The first-order valence-electron chi connectivity index (χ1n) is 16.9. The first kappa shape index (κ1) is 32.3. The Labute approximate surface area is 288 Å².